The van der Waals surface area contributed by atoms with Gasteiger partial charge in [0.15, 0.2) is 0 Å². The Morgan fingerprint density at radius 2 is 2.11 bits per heavy atom. The summed E-state index contributed by atoms with van der Waals surface area (Å²) in [7, 11) is 0. The molecule has 3 aliphatic carbocycles. The van der Waals surface area contributed by atoms with E-state index in [-0.39, 0.29) is 0 Å². The number of nitrogens with two attached hydrogens (primary N) is 1. The lowest BCUT2D eigenvalue weighted by Crippen LogP contribution is -2.34. The van der Waals surface area contributed by atoms with Crippen molar-refractivity contribution in [2.75, 3.05) is 0 Å². The number of benzene rings is 1. The van der Waals surface area contributed by atoms with Crippen molar-refractivity contribution in [1.82, 2.24) is 10.3 Å². The number of amides is 1. The highest BCUT2D eigenvalue weighted by Gasteiger charge is 2.37. The summed E-state index contributed by atoms with van der Waals surface area (Å²) in [6.45, 7) is 0. The number of rotatable bonds is 5. The molecule has 4 atom stereocenters. The smallest absolute Gasteiger partial charge is 0.250 e. The topological polar surface area (TPSA) is 77.2 Å². The first-order valence-electron chi connectivity index (χ1n) is 9.66. The van der Waals surface area contributed by atoms with Crippen LogP contribution in [0.4, 0.5) is 0 Å². The van der Waals surface area contributed by atoms with Crippen molar-refractivity contribution in [3.63, 3.8) is 0 Å². The number of primary amides is 1. The van der Waals surface area contributed by atoms with Gasteiger partial charge in [-0.3, -0.25) is 4.79 Å². The third kappa shape index (κ3) is 3.12. The van der Waals surface area contributed by atoms with E-state index in [1.807, 2.05) is 6.07 Å². The maximum absolute atomic E-state index is 11.1. The van der Waals surface area contributed by atoms with Crippen LogP contribution in [0.25, 0.3) is 0 Å². The molecule has 1 aromatic heterocycles. The van der Waals surface area contributed by atoms with Crippen LogP contribution in [0.15, 0.2) is 48.7 Å². The minimum absolute atomic E-state index is 0.376. The van der Waals surface area contributed by atoms with Crippen LogP contribution in [0.2, 0.25) is 0 Å². The van der Waals surface area contributed by atoms with Gasteiger partial charge < -0.3 is 15.8 Å². The molecular weight excluding hydrogens is 338 g/mol. The van der Waals surface area contributed by atoms with E-state index >= 15 is 0 Å². The summed E-state index contributed by atoms with van der Waals surface area (Å²) in [4.78, 5) is 15.3. The van der Waals surface area contributed by atoms with Gasteiger partial charge in [0.1, 0.15) is 5.75 Å². The van der Waals surface area contributed by atoms with E-state index in [1.165, 1.54) is 30.2 Å². The summed E-state index contributed by atoms with van der Waals surface area (Å²) >= 11 is 0. The van der Waals surface area contributed by atoms with Gasteiger partial charge in [-0.05, 0) is 66.8 Å². The van der Waals surface area contributed by atoms with Crippen LogP contribution >= 0.6 is 0 Å². The van der Waals surface area contributed by atoms with Gasteiger partial charge in [0.05, 0.1) is 5.56 Å². The highest BCUT2D eigenvalue weighted by Crippen LogP contribution is 2.42. The van der Waals surface area contributed by atoms with Gasteiger partial charge in [-0.2, -0.15) is 0 Å². The van der Waals surface area contributed by atoms with E-state index in [9.17, 15) is 4.79 Å². The average Bonchev–Trinajstić information content (AvgIpc) is 3.38. The number of carbonyl (C=O) groups is 1. The van der Waals surface area contributed by atoms with Gasteiger partial charge in [0.2, 0.25) is 11.8 Å². The summed E-state index contributed by atoms with van der Waals surface area (Å²) in [5.74, 6) is 2.25. The van der Waals surface area contributed by atoms with Gasteiger partial charge >= 0.3 is 0 Å². The van der Waals surface area contributed by atoms with Crippen LogP contribution in [-0.2, 0) is 6.42 Å². The monoisotopic (exact) mass is 361 g/mol. The number of nitrogens with zero attached hydrogens (tertiary/aromatic N) is 1. The Labute approximate surface area is 158 Å². The largest absolute Gasteiger partial charge is 0.439 e. The Morgan fingerprint density at radius 1 is 1.19 bits per heavy atom. The fourth-order valence-corrected chi connectivity index (χ4v) is 4.77. The summed E-state index contributed by atoms with van der Waals surface area (Å²) in [6, 6.07) is 10.7. The highest BCUT2D eigenvalue weighted by molar-refractivity contribution is 5.92. The minimum Gasteiger partial charge on any atom is -0.439 e. The summed E-state index contributed by atoms with van der Waals surface area (Å²) in [5, 5.41) is 3.90. The molecule has 2 aromatic rings. The first kappa shape index (κ1) is 16.5. The van der Waals surface area contributed by atoms with Crippen molar-refractivity contribution in [2.45, 2.75) is 37.8 Å². The van der Waals surface area contributed by atoms with E-state index < -0.39 is 5.91 Å². The quantitative estimate of drug-likeness (QED) is 0.799. The highest BCUT2D eigenvalue weighted by atomic mass is 16.5. The molecule has 1 saturated carbocycles. The molecule has 1 aromatic carbocycles. The number of fused-ring (bicyclic) bond motifs is 3. The van der Waals surface area contributed by atoms with Crippen molar-refractivity contribution >= 4 is 5.91 Å². The average molecular weight is 361 g/mol. The van der Waals surface area contributed by atoms with Crippen molar-refractivity contribution < 1.29 is 9.53 Å². The Morgan fingerprint density at radius 3 is 2.81 bits per heavy atom. The Bertz CT molecular complexity index is 906. The number of aromatic nitrogens is 1. The molecule has 138 valence electrons. The summed E-state index contributed by atoms with van der Waals surface area (Å²) < 4.78 is 5.85. The van der Waals surface area contributed by atoms with Crippen LogP contribution < -0.4 is 15.8 Å². The molecule has 0 spiro atoms. The lowest BCUT2D eigenvalue weighted by atomic mass is 9.99. The van der Waals surface area contributed by atoms with Crippen molar-refractivity contribution in [3.8, 4) is 11.6 Å². The lowest BCUT2D eigenvalue weighted by Gasteiger charge is -2.25. The van der Waals surface area contributed by atoms with Crippen LogP contribution in [0, 0.1) is 11.8 Å². The zero-order valence-electron chi connectivity index (χ0n) is 15.1. The molecule has 0 radical (unpaired) electrons. The lowest BCUT2D eigenvalue weighted by molar-refractivity contribution is 0.1000. The molecule has 5 heteroatoms. The third-order valence-electron chi connectivity index (χ3n) is 6.13. The van der Waals surface area contributed by atoms with Gasteiger partial charge in [0.25, 0.3) is 0 Å². The van der Waals surface area contributed by atoms with Crippen molar-refractivity contribution in [2.24, 2.45) is 17.6 Å². The third-order valence-corrected chi connectivity index (χ3v) is 6.13. The molecule has 2 bridgehead atoms. The van der Waals surface area contributed by atoms with Gasteiger partial charge in [-0.25, -0.2) is 4.98 Å². The van der Waals surface area contributed by atoms with Crippen LogP contribution in [0.1, 0.15) is 46.8 Å². The Balaban J connectivity index is 1.28. The maximum atomic E-state index is 11.1. The minimum atomic E-state index is -0.490. The molecule has 3 aliphatic rings. The number of carbonyl (C=O) groups excluding carboxylic acids is 1. The molecule has 5 nitrogen and oxygen atoms in total. The predicted molar refractivity (Wildman–Crippen MR) is 103 cm³/mol. The summed E-state index contributed by atoms with van der Waals surface area (Å²) in [5.41, 5.74) is 8.35. The standard InChI is InChI=1S/C22H23N3O2/c23-22(26)16-4-8-21(24-12-16)27-17-5-6-18-14(11-17)3-7-19(18)25-20-10-13-1-2-15(20)9-13/h1-2,4-6,8,11-13,15,19-20,25H,3,7,9-10H2,(H2,23,26). The first-order valence-corrected chi connectivity index (χ1v) is 9.66. The predicted octanol–water partition coefficient (Wildman–Crippen LogP) is 3.51. The number of allylic oxidation sites excluding steroid dienone is 1. The van der Waals surface area contributed by atoms with E-state index in [1.54, 1.807) is 12.1 Å². The second-order valence-electron chi connectivity index (χ2n) is 7.86. The number of ether oxygens (including phenoxy) is 1. The number of hydrogen-bond donors (Lipinski definition) is 2. The van der Waals surface area contributed by atoms with Crippen LogP contribution in [0.3, 0.4) is 0 Å². The number of aryl methyl sites for hydroxylation is 1. The fourth-order valence-electron chi connectivity index (χ4n) is 4.77. The second-order valence-corrected chi connectivity index (χ2v) is 7.86. The van der Waals surface area contributed by atoms with Gasteiger partial charge in [-0.1, -0.05) is 18.2 Å². The zero-order valence-corrected chi connectivity index (χ0v) is 15.1. The SMILES string of the molecule is NC(=O)c1ccc(Oc2ccc3c(c2)CCC3NC2CC3C=CC2C3)nc1. The molecule has 3 N–H and O–H groups in total. The maximum Gasteiger partial charge on any atom is 0.250 e. The molecule has 4 unspecified atom stereocenters. The molecular formula is C22H23N3O2. The summed E-state index contributed by atoms with van der Waals surface area (Å²) in [6.07, 6.45) is 11.0. The second kappa shape index (κ2) is 6.50. The number of hydrogen-bond acceptors (Lipinski definition) is 4. The zero-order chi connectivity index (χ0) is 18.4. The number of nitrogens with one attached hydrogen (secondary N) is 1. The number of pyridine rings is 1. The van der Waals surface area contributed by atoms with Crippen molar-refractivity contribution in [3.05, 3.63) is 65.4 Å². The van der Waals surface area contributed by atoms with E-state index in [2.05, 4.69) is 34.6 Å². The first-order chi connectivity index (χ1) is 13.2. The molecule has 0 saturated heterocycles. The molecule has 0 aliphatic heterocycles. The van der Waals surface area contributed by atoms with Gasteiger partial charge in [0, 0.05) is 24.3 Å². The Kier molecular flexibility index (Phi) is 3.97. The van der Waals surface area contributed by atoms with Crippen LogP contribution in [0.5, 0.6) is 11.6 Å². The van der Waals surface area contributed by atoms with Gasteiger partial charge in [-0.15, -0.1) is 0 Å². The molecule has 27 heavy (non-hydrogen) atoms. The molecule has 1 heterocycles. The molecule has 1 amide bonds. The van der Waals surface area contributed by atoms with E-state index in [0.717, 1.165) is 30.4 Å². The molecule has 5 rings (SSSR count). The van der Waals surface area contributed by atoms with Crippen LogP contribution in [-0.4, -0.2) is 16.9 Å². The fraction of sp³-hybridized carbons (Fsp3) is 0.364. The Hall–Kier alpha value is -2.66. The van der Waals surface area contributed by atoms with E-state index in [4.69, 9.17) is 10.5 Å². The van der Waals surface area contributed by atoms with E-state index in [0.29, 0.717) is 23.5 Å². The normalized spacial score (nSPS) is 27.7. The van der Waals surface area contributed by atoms with Crippen molar-refractivity contribution in [1.29, 1.82) is 0 Å². The molecule has 1 fully saturated rings.